The number of carbonyl (C=O) groups is 1. The van der Waals surface area contributed by atoms with E-state index in [4.69, 9.17) is 0 Å². The molecule has 2 aromatic heterocycles. The Morgan fingerprint density at radius 1 is 1.32 bits per heavy atom. The minimum absolute atomic E-state index is 0.0315. The number of hydrogen-bond acceptors (Lipinski definition) is 4. The predicted molar refractivity (Wildman–Crippen MR) is 85.9 cm³/mol. The van der Waals surface area contributed by atoms with Gasteiger partial charge in [0.2, 0.25) is 5.91 Å². The Bertz CT molecular complexity index is 720. The van der Waals surface area contributed by atoms with E-state index < -0.39 is 0 Å². The highest BCUT2D eigenvalue weighted by molar-refractivity contribution is 7.07. The van der Waals surface area contributed by atoms with Crippen LogP contribution in [-0.4, -0.2) is 20.7 Å². The van der Waals surface area contributed by atoms with Gasteiger partial charge in [0.1, 0.15) is 12.7 Å². The molecule has 0 aliphatic rings. The smallest absolute Gasteiger partial charge is 0.224 e. The fraction of sp³-hybridized carbons (Fsp3) is 0.188. The average molecular weight is 312 g/mol. The van der Waals surface area contributed by atoms with Crippen molar-refractivity contribution < 1.29 is 4.79 Å². The highest BCUT2D eigenvalue weighted by Crippen LogP contribution is 2.15. The number of nitrogens with one attached hydrogen (secondary N) is 1. The summed E-state index contributed by atoms with van der Waals surface area (Å²) in [5.74, 6) is 0.0336. The van der Waals surface area contributed by atoms with Gasteiger partial charge in [-0.1, -0.05) is 12.1 Å². The molecular weight excluding hydrogens is 296 g/mol. The van der Waals surface area contributed by atoms with Crippen molar-refractivity contribution in [1.29, 1.82) is 0 Å². The van der Waals surface area contributed by atoms with Crippen LogP contribution in [0.2, 0.25) is 0 Å². The molecule has 1 amide bonds. The van der Waals surface area contributed by atoms with E-state index >= 15 is 0 Å². The molecule has 1 aromatic carbocycles. The highest BCUT2D eigenvalue weighted by Gasteiger charge is 2.10. The second-order valence-electron chi connectivity index (χ2n) is 5.03. The molecule has 0 bridgehead atoms. The van der Waals surface area contributed by atoms with Gasteiger partial charge in [0, 0.05) is 0 Å². The highest BCUT2D eigenvalue weighted by atomic mass is 32.1. The van der Waals surface area contributed by atoms with E-state index in [9.17, 15) is 4.79 Å². The molecule has 1 atom stereocenters. The first-order valence-corrected chi connectivity index (χ1v) is 7.92. The standard InChI is InChI=1S/C16H16N4OS/c1-12(19-16(21)8-13-6-7-22-9-13)14-2-4-15(5-3-14)20-11-17-10-18-20/h2-7,9-12H,8H2,1H3,(H,19,21)/t12-/m1/s1. The van der Waals surface area contributed by atoms with E-state index in [0.717, 1.165) is 16.8 Å². The number of nitrogens with zero attached hydrogens (tertiary/aromatic N) is 3. The van der Waals surface area contributed by atoms with Crippen LogP contribution in [0.25, 0.3) is 5.69 Å². The van der Waals surface area contributed by atoms with Crippen LogP contribution >= 0.6 is 11.3 Å². The van der Waals surface area contributed by atoms with Gasteiger partial charge >= 0.3 is 0 Å². The van der Waals surface area contributed by atoms with Gasteiger partial charge in [-0.3, -0.25) is 4.79 Å². The van der Waals surface area contributed by atoms with Gasteiger partial charge in [0.25, 0.3) is 0 Å². The molecular formula is C16H16N4OS. The summed E-state index contributed by atoms with van der Waals surface area (Å²) < 4.78 is 1.70. The van der Waals surface area contributed by atoms with Crippen LogP contribution in [0.3, 0.4) is 0 Å². The molecule has 3 aromatic rings. The number of rotatable bonds is 5. The molecule has 0 radical (unpaired) electrons. The fourth-order valence-corrected chi connectivity index (χ4v) is 2.88. The van der Waals surface area contributed by atoms with E-state index in [-0.39, 0.29) is 11.9 Å². The molecule has 6 heteroatoms. The monoisotopic (exact) mass is 312 g/mol. The summed E-state index contributed by atoms with van der Waals surface area (Å²) in [6, 6.07) is 9.86. The normalized spacial score (nSPS) is 12.0. The molecule has 0 spiro atoms. The molecule has 5 nitrogen and oxygen atoms in total. The summed E-state index contributed by atoms with van der Waals surface area (Å²) in [7, 11) is 0. The summed E-state index contributed by atoms with van der Waals surface area (Å²) in [5.41, 5.74) is 3.05. The number of thiophene rings is 1. The van der Waals surface area contributed by atoms with Crippen molar-refractivity contribution in [3.8, 4) is 5.69 Å². The molecule has 3 rings (SSSR count). The average Bonchev–Trinajstić information content (AvgIpc) is 3.20. The van der Waals surface area contributed by atoms with Gasteiger partial charge in [-0.25, -0.2) is 9.67 Å². The number of aromatic nitrogens is 3. The first kappa shape index (κ1) is 14.5. The molecule has 1 N–H and O–H groups in total. The van der Waals surface area contributed by atoms with E-state index in [2.05, 4.69) is 15.4 Å². The lowest BCUT2D eigenvalue weighted by Crippen LogP contribution is -2.27. The zero-order chi connectivity index (χ0) is 15.4. The van der Waals surface area contributed by atoms with Crippen LogP contribution in [0.1, 0.15) is 24.1 Å². The minimum atomic E-state index is -0.0315. The van der Waals surface area contributed by atoms with Gasteiger partial charge in [0.05, 0.1) is 18.2 Å². The third-order valence-electron chi connectivity index (χ3n) is 3.40. The molecule has 112 valence electrons. The lowest BCUT2D eigenvalue weighted by molar-refractivity contribution is -0.121. The van der Waals surface area contributed by atoms with E-state index in [1.807, 2.05) is 48.0 Å². The SMILES string of the molecule is C[C@@H](NC(=O)Cc1ccsc1)c1ccc(-n2cncn2)cc1. The van der Waals surface area contributed by atoms with Crippen LogP contribution in [0.15, 0.2) is 53.7 Å². The van der Waals surface area contributed by atoms with Crippen molar-refractivity contribution in [3.63, 3.8) is 0 Å². The van der Waals surface area contributed by atoms with Crippen LogP contribution in [0.4, 0.5) is 0 Å². The Morgan fingerprint density at radius 3 is 2.77 bits per heavy atom. The molecule has 0 fully saturated rings. The van der Waals surface area contributed by atoms with Crippen LogP contribution in [0.5, 0.6) is 0 Å². The maximum absolute atomic E-state index is 12.0. The lowest BCUT2D eigenvalue weighted by Gasteiger charge is -2.14. The fourth-order valence-electron chi connectivity index (χ4n) is 2.21. The van der Waals surface area contributed by atoms with Crippen molar-refractivity contribution in [3.05, 3.63) is 64.9 Å². The topological polar surface area (TPSA) is 59.8 Å². The third kappa shape index (κ3) is 3.40. The predicted octanol–water partition coefficient (Wildman–Crippen LogP) is 2.75. The quantitative estimate of drug-likeness (QED) is 0.788. The van der Waals surface area contributed by atoms with Crippen molar-refractivity contribution in [1.82, 2.24) is 20.1 Å². The summed E-state index contributed by atoms with van der Waals surface area (Å²) in [4.78, 5) is 15.9. The molecule has 2 heterocycles. The second-order valence-corrected chi connectivity index (χ2v) is 5.81. The second kappa shape index (κ2) is 6.53. The molecule has 0 saturated carbocycles. The van der Waals surface area contributed by atoms with Gasteiger partial charge < -0.3 is 5.32 Å². The number of amides is 1. The largest absolute Gasteiger partial charge is 0.349 e. The third-order valence-corrected chi connectivity index (χ3v) is 4.13. The summed E-state index contributed by atoms with van der Waals surface area (Å²) >= 11 is 1.60. The molecule has 0 aliphatic carbocycles. The molecule has 0 saturated heterocycles. The van der Waals surface area contributed by atoms with Gasteiger partial charge in [-0.15, -0.1) is 0 Å². The first-order chi connectivity index (χ1) is 10.7. The van der Waals surface area contributed by atoms with Crippen molar-refractivity contribution in [2.45, 2.75) is 19.4 Å². The molecule has 22 heavy (non-hydrogen) atoms. The zero-order valence-corrected chi connectivity index (χ0v) is 13.0. The van der Waals surface area contributed by atoms with Crippen LogP contribution in [-0.2, 0) is 11.2 Å². The van der Waals surface area contributed by atoms with Crippen molar-refractivity contribution in [2.75, 3.05) is 0 Å². The molecule has 0 aliphatic heterocycles. The zero-order valence-electron chi connectivity index (χ0n) is 12.1. The Balaban J connectivity index is 1.62. The maximum Gasteiger partial charge on any atom is 0.224 e. The van der Waals surface area contributed by atoms with Gasteiger partial charge in [-0.2, -0.15) is 16.4 Å². The number of hydrogen-bond donors (Lipinski definition) is 1. The summed E-state index contributed by atoms with van der Waals surface area (Å²) in [6.45, 7) is 1.98. The van der Waals surface area contributed by atoms with Crippen LogP contribution < -0.4 is 5.32 Å². The Labute approximate surface area is 132 Å². The lowest BCUT2D eigenvalue weighted by atomic mass is 10.1. The first-order valence-electron chi connectivity index (χ1n) is 6.98. The maximum atomic E-state index is 12.0. The van der Waals surface area contributed by atoms with Gasteiger partial charge in [-0.05, 0) is 47.0 Å². The summed E-state index contributed by atoms with van der Waals surface area (Å²) in [5, 5.41) is 11.1. The van der Waals surface area contributed by atoms with Gasteiger partial charge in [0.15, 0.2) is 0 Å². The Kier molecular flexibility index (Phi) is 4.29. The van der Waals surface area contributed by atoms with Crippen LogP contribution in [0, 0.1) is 0 Å². The van der Waals surface area contributed by atoms with E-state index in [0.29, 0.717) is 6.42 Å². The Morgan fingerprint density at radius 2 is 2.14 bits per heavy atom. The Hall–Kier alpha value is -2.47. The van der Waals surface area contributed by atoms with Crippen molar-refractivity contribution in [2.24, 2.45) is 0 Å². The number of benzene rings is 1. The van der Waals surface area contributed by atoms with E-state index in [1.165, 1.54) is 6.33 Å². The molecule has 0 unspecified atom stereocenters. The summed E-state index contributed by atoms with van der Waals surface area (Å²) in [6.07, 6.45) is 3.58. The van der Waals surface area contributed by atoms with E-state index in [1.54, 1.807) is 22.3 Å². The minimum Gasteiger partial charge on any atom is -0.349 e. The van der Waals surface area contributed by atoms with Crippen molar-refractivity contribution >= 4 is 17.2 Å². The number of carbonyl (C=O) groups excluding carboxylic acids is 1.